The predicted octanol–water partition coefficient (Wildman–Crippen LogP) is 5.27. The molecule has 1 aromatic heterocycles. The molecule has 0 fully saturated rings. The molecule has 0 saturated carbocycles. The zero-order valence-corrected chi connectivity index (χ0v) is 22.7. The lowest BCUT2D eigenvalue weighted by Gasteiger charge is -2.13. The van der Waals surface area contributed by atoms with E-state index in [1.54, 1.807) is 23.6 Å². The second-order valence-electron chi connectivity index (χ2n) is 7.97. The number of carbonyl (C=O) groups is 1. The smallest absolute Gasteiger partial charge is 0.263 e. The minimum Gasteiger partial charge on any atom is -0.322 e. The number of hydrogen-bond acceptors (Lipinski definition) is 7. The lowest BCUT2D eigenvalue weighted by molar-refractivity contribution is 0.102. The summed E-state index contributed by atoms with van der Waals surface area (Å²) in [5.41, 5.74) is 2.66. The molecule has 1 heterocycles. The van der Waals surface area contributed by atoms with Crippen LogP contribution < -0.4 is 14.8 Å². The Morgan fingerprint density at radius 2 is 1.54 bits per heavy atom. The number of hydrogen-bond donors (Lipinski definition) is 3. The molecule has 0 spiro atoms. The fraction of sp³-hybridized carbons (Fsp3) is 0.0833. The number of benzene rings is 3. The molecule has 0 bridgehead atoms. The van der Waals surface area contributed by atoms with Crippen LogP contribution in [-0.2, 0) is 20.0 Å². The summed E-state index contributed by atoms with van der Waals surface area (Å²) in [7, 11) is -7.93. The van der Waals surface area contributed by atoms with Crippen LogP contribution in [0.4, 0.5) is 16.5 Å². The van der Waals surface area contributed by atoms with Crippen LogP contribution in [0.2, 0.25) is 5.02 Å². The maximum atomic E-state index is 13.0. The van der Waals surface area contributed by atoms with Crippen molar-refractivity contribution < 1.29 is 21.6 Å². The first-order chi connectivity index (χ1) is 17.4. The molecular weight excluding hydrogens is 556 g/mol. The van der Waals surface area contributed by atoms with Gasteiger partial charge in [-0.05, 0) is 79.6 Å². The Morgan fingerprint density at radius 3 is 2.19 bits per heavy atom. The highest BCUT2D eigenvalue weighted by molar-refractivity contribution is 7.93. The monoisotopic (exact) mass is 576 g/mol. The number of rotatable bonds is 8. The number of anilines is 3. The molecule has 13 heteroatoms. The third-order valence-corrected chi connectivity index (χ3v) is 9.35. The van der Waals surface area contributed by atoms with Gasteiger partial charge in [-0.15, -0.1) is 11.3 Å². The highest BCUT2D eigenvalue weighted by Gasteiger charge is 2.21. The van der Waals surface area contributed by atoms with Gasteiger partial charge in [0, 0.05) is 28.5 Å². The van der Waals surface area contributed by atoms with E-state index in [1.807, 2.05) is 13.8 Å². The van der Waals surface area contributed by atoms with Gasteiger partial charge < -0.3 is 5.32 Å². The van der Waals surface area contributed by atoms with E-state index in [9.17, 15) is 21.6 Å². The first kappa shape index (κ1) is 26.6. The predicted molar refractivity (Wildman–Crippen MR) is 145 cm³/mol. The third kappa shape index (κ3) is 6.28. The Kier molecular flexibility index (Phi) is 7.55. The Bertz CT molecular complexity index is 1670. The number of thiazole rings is 1. The molecule has 0 unspecified atom stereocenters. The zero-order chi connectivity index (χ0) is 26.8. The molecule has 4 rings (SSSR count). The number of nitrogens with zero attached hydrogens (tertiary/aromatic N) is 1. The molecule has 0 radical (unpaired) electrons. The van der Waals surface area contributed by atoms with Crippen molar-refractivity contribution in [3.05, 3.63) is 94.0 Å². The van der Waals surface area contributed by atoms with Gasteiger partial charge in [0.1, 0.15) is 4.90 Å². The van der Waals surface area contributed by atoms with Gasteiger partial charge in [0.15, 0.2) is 5.13 Å². The standard InChI is InChI=1S/C24H21ClN4O5S3/c1-15-3-5-19(13-16(15)2)28-37(33,34)22-14-17(4-10-21(22)25)23(30)27-18-6-8-20(9-7-18)36(31,32)29-24-26-11-12-35-24/h3-14,28H,1-2H3,(H,26,29)(H,27,30). The van der Waals surface area contributed by atoms with Crippen molar-refractivity contribution in [2.24, 2.45) is 0 Å². The normalized spacial score (nSPS) is 11.6. The van der Waals surface area contributed by atoms with Gasteiger partial charge in [-0.2, -0.15) is 0 Å². The van der Waals surface area contributed by atoms with Gasteiger partial charge in [-0.1, -0.05) is 17.7 Å². The van der Waals surface area contributed by atoms with E-state index in [-0.39, 0.29) is 25.5 Å². The Morgan fingerprint density at radius 1 is 0.838 bits per heavy atom. The van der Waals surface area contributed by atoms with Crippen LogP contribution in [0.15, 0.2) is 82.0 Å². The minimum atomic E-state index is -4.09. The van der Waals surface area contributed by atoms with Crippen LogP contribution >= 0.6 is 22.9 Å². The van der Waals surface area contributed by atoms with Crippen molar-refractivity contribution in [2.45, 2.75) is 23.6 Å². The molecule has 3 N–H and O–H groups in total. The van der Waals surface area contributed by atoms with Crippen LogP contribution in [0, 0.1) is 13.8 Å². The number of aromatic nitrogens is 1. The number of halogens is 1. The number of aryl methyl sites for hydroxylation is 2. The maximum absolute atomic E-state index is 13.0. The Labute approximate surface area is 223 Å². The summed E-state index contributed by atoms with van der Waals surface area (Å²) in [6.07, 6.45) is 1.48. The van der Waals surface area contributed by atoms with E-state index < -0.39 is 26.0 Å². The average molecular weight is 577 g/mol. The van der Waals surface area contributed by atoms with Gasteiger partial charge in [0.25, 0.3) is 26.0 Å². The maximum Gasteiger partial charge on any atom is 0.263 e. The van der Waals surface area contributed by atoms with Crippen molar-refractivity contribution in [1.29, 1.82) is 0 Å². The lowest BCUT2D eigenvalue weighted by Crippen LogP contribution is -2.17. The molecule has 4 aromatic rings. The summed E-state index contributed by atoms with van der Waals surface area (Å²) in [6.45, 7) is 3.78. The van der Waals surface area contributed by atoms with E-state index in [4.69, 9.17) is 11.6 Å². The molecule has 0 aliphatic rings. The number of sulfonamides is 2. The summed E-state index contributed by atoms with van der Waals surface area (Å²) in [4.78, 5) is 16.5. The molecular formula is C24H21ClN4O5S3. The van der Waals surface area contributed by atoms with Gasteiger partial charge in [0.2, 0.25) is 0 Å². The van der Waals surface area contributed by atoms with Crippen molar-refractivity contribution in [3.63, 3.8) is 0 Å². The van der Waals surface area contributed by atoms with E-state index in [1.165, 1.54) is 48.7 Å². The van der Waals surface area contributed by atoms with Gasteiger partial charge in [-0.3, -0.25) is 14.2 Å². The van der Waals surface area contributed by atoms with Gasteiger partial charge >= 0.3 is 0 Å². The van der Waals surface area contributed by atoms with Crippen LogP contribution in [0.25, 0.3) is 0 Å². The summed E-state index contributed by atoms with van der Waals surface area (Å²) in [5, 5.41) is 4.45. The molecule has 37 heavy (non-hydrogen) atoms. The molecule has 9 nitrogen and oxygen atoms in total. The number of amides is 1. The summed E-state index contributed by atoms with van der Waals surface area (Å²) in [6, 6.07) is 14.5. The SMILES string of the molecule is Cc1ccc(NS(=O)(=O)c2cc(C(=O)Nc3ccc(S(=O)(=O)Nc4nccs4)cc3)ccc2Cl)cc1C. The Balaban J connectivity index is 1.51. The molecule has 3 aromatic carbocycles. The fourth-order valence-electron chi connectivity index (χ4n) is 3.23. The van der Waals surface area contributed by atoms with Crippen molar-refractivity contribution in [2.75, 3.05) is 14.8 Å². The van der Waals surface area contributed by atoms with Gasteiger partial charge in [0.05, 0.1) is 9.92 Å². The summed E-state index contributed by atoms with van der Waals surface area (Å²) < 4.78 is 55.8. The largest absolute Gasteiger partial charge is 0.322 e. The summed E-state index contributed by atoms with van der Waals surface area (Å²) >= 11 is 7.31. The van der Waals surface area contributed by atoms with Crippen molar-refractivity contribution in [1.82, 2.24) is 4.98 Å². The molecule has 0 saturated heterocycles. The van der Waals surface area contributed by atoms with Crippen LogP contribution in [0.5, 0.6) is 0 Å². The first-order valence-corrected chi connectivity index (χ1v) is 14.9. The molecule has 0 aliphatic heterocycles. The van der Waals surface area contributed by atoms with E-state index in [0.29, 0.717) is 11.4 Å². The molecule has 0 aliphatic carbocycles. The van der Waals surface area contributed by atoms with E-state index in [2.05, 4.69) is 19.7 Å². The number of carbonyl (C=O) groups excluding carboxylic acids is 1. The van der Waals surface area contributed by atoms with Crippen molar-refractivity contribution in [3.8, 4) is 0 Å². The Hall–Kier alpha value is -3.45. The quantitative estimate of drug-likeness (QED) is 0.262. The summed E-state index contributed by atoms with van der Waals surface area (Å²) in [5.74, 6) is -0.601. The van der Waals surface area contributed by atoms with Crippen LogP contribution in [-0.4, -0.2) is 27.7 Å². The fourth-order valence-corrected chi connectivity index (χ4v) is 6.60. The second-order valence-corrected chi connectivity index (χ2v) is 12.6. The van der Waals surface area contributed by atoms with Crippen LogP contribution in [0.1, 0.15) is 21.5 Å². The average Bonchev–Trinajstić information content (AvgIpc) is 3.34. The van der Waals surface area contributed by atoms with E-state index >= 15 is 0 Å². The highest BCUT2D eigenvalue weighted by Crippen LogP contribution is 2.27. The lowest BCUT2D eigenvalue weighted by atomic mass is 10.1. The first-order valence-electron chi connectivity index (χ1n) is 10.7. The minimum absolute atomic E-state index is 0.0158. The van der Waals surface area contributed by atoms with Crippen molar-refractivity contribution >= 4 is 65.4 Å². The molecule has 192 valence electrons. The molecule has 0 atom stereocenters. The highest BCUT2D eigenvalue weighted by atomic mass is 35.5. The van der Waals surface area contributed by atoms with Gasteiger partial charge in [-0.25, -0.2) is 21.8 Å². The molecule has 1 amide bonds. The van der Waals surface area contributed by atoms with E-state index in [0.717, 1.165) is 22.5 Å². The topological polar surface area (TPSA) is 134 Å². The zero-order valence-electron chi connectivity index (χ0n) is 19.5. The third-order valence-electron chi connectivity index (χ3n) is 5.32. The number of nitrogens with one attached hydrogen (secondary N) is 3. The second kappa shape index (κ2) is 10.5. The van der Waals surface area contributed by atoms with Crippen LogP contribution in [0.3, 0.4) is 0 Å².